The molecule has 0 bridgehead atoms. The van der Waals surface area contributed by atoms with Gasteiger partial charge < -0.3 is 15.7 Å². The number of halogens is 1. The molecule has 0 saturated heterocycles. The number of nitrogens with one attached hydrogen (secondary N) is 2. The van der Waals surface area contributed by atoms with Crippen LogP contribution in [0.1, 0.15) is 10.5 Å². The number of aromatic nitrogens is 2. The first-order valence-corrected chi connectivity index (χ1v) is 4.84. The molecule has 4 N–H and O–H groups in total. The Labute approximate surface area is 95.2 Å². The van der Waals surface area contributed by atoms with Crippen LogP contribution in [0.4, 0.5) is 0 Å². The number of aromatic amines is 2. The van der Waals surface area contributed by atoms with E-state index in [9.17, 15) is 9.59 Å². The monoisotopic (exact) mass is 237 g/mol. The van der Waals surface area contributed by atoms with E-state index in [4.69, 9.17) is 17.3 Å². The van der Waals surface area contributed by atoms with Crippen molar-refractivity contribution in [1.82, 2.24) is 9.97 Å². The van der Waals surface area contributed by atoms with Crippen molar-refractivity contribution >= 4 is 17.5 Å². The molecule has 6 heteroatoms. The van der Waals surface area contributed by atoms with Gasteiger partial charge in [-0.25, -0.2) is 4.79 Å². The number of hydrogen-bond donors (Lipinski definition) is 3. The van der Waals surface area contributed by atoms with Crippen molar-refractivity contribution in [3.05, 3.63) is 45.5 Å². The molecule has 0 saturated carbocycles. The van der Waals surface area contributed by atoms with Gasteiger partial charge in [0.15, 0.2) is 0 Å². The largest absolute Gasteiger partial charge is 0.364 e. The first-order valence-electron chi connectivity index (χ1n) is 4.46. The number of primary amides is 1. The lowest BCUT2D eigenvalue weighted by molar-refractivity contribution is 0.0996. The molecule has 0 radical (unpaired) electrons. The number of benzene rings is 1. The molecule has 1 amide bonds. The second-order valence-electron chi connectivity index (χ2n) is 3.20. The first-order chi connectivity index (χ1) is 7.58. The molecular weight excluding hydrogens is 230 g/mol. The van der Waals surface area contributed by atoms with Gasteiger partial charge in [-0.3, -0.25) is 4.79 Å². The van der Waals surface area contributed by atoms with E-state index in [2.05, 4.69) is 9.97 Å². The zero-order valence-electron chi connectivity index (χ0n) is 8.08. The Morgan fingerprint density at radius 3 is 2.38 bits per heavy atom. The average Bonchev–Trinajstić information content (AvgIpc) is 2.61. The van der Waals surface area contributed by atoms with E-state index >= 15 is 0 Å². The number of carbonyl (C=O) groups excluding carboxylic acids is 1. The Morgan fingerprint density at radius 2 is 1.81 bits per heavy atom. The molecule has 1 heterocycles. The minimum absolute atomic E-state index is 0.0623. The summed E-state index contributed by atoms with van der Waals surface area (Å²) in [4.78, 5) is 27.0. The Kier molecular flexibility index (Phi) is 2.54. The topological polar surface area (TPSA) is 91.7 Å². The van der Waals surface area contributed by atoms with Gasteiger partial charge in [0.05, 0.1) is 5.69 Å². The van der Waals surface area contributed by atoms with Gasteiger partial charge in [0.1, 0.15) is 5.69 Å². The zero-order chi connectivity index (χ0) is 11.7. The molecule has 1 aromatic heterocycles. The van der Waals surface area contributed by atoms with E-state index < -0.39 is 11.6 Å². The maximum atomic E-state index is 11.1. The van der Waals surface area contributed by atoms with Crippen LogP contribution >= 0.6 is 11.6 Å². The highest BCUT2D eigenvalue weighted by molar-refractivity contribution is 6.30. The zero-order valence-corrected chi connectivity index (χ0v) is 8.84. The van der Waals surface area contributed by atoms with E-state index in [0.29, 0.717) is 16.3 Å². The summed E-state index contributed by atoms with van der Waals surface area (Å²) >= 11 is 5.74. The molecule has 2 aromatic rings. The molecule has 0 atom stereocenters. The van der Waals surface area contributed by atoms with E-state index in [1.165, 1.54) is 0 Å². The predicted molar refractivity (Wildman–Crippen MR) is 60.4 cm³/mol. The number of amides is 1. The smallest absolute Gasteiger partial charge is 0.323 e. The summed E-state index contributed by atoms with van der Waals surface area (Å²) in [5, 5.41) is 0.572. The number of H-pyrrole nitrogens is 2. The summed E-state index contributed by atoms with van der Waals surface area (Å²) < 4.78 is 0. The van der Waals surface area contributed by atoms with Crippen molar-refractivity contribution in [2.45, 2.75) is 0 Å². The SMILES string of the molecule is NC(=O)c1[nH]c(=O)[nH]c1-c1ccc(Cl)cc1. The van der Waals surface area contributed by atoms with Crippen LogP contribution in [0.2, 0.25) is 5.02 Å². The Balaban J connectivity index is 2.59. The third-order valence-corrected chi connectivity index (χ3v) is 2.36. The highest BCUT2D eigenvalue weighted by Gasteiger charge is 2.13. The predicted octanol–water partition coefficient (Wildman–Crippen LogP) is 1.12. The van der Waals surface area contributed by atoms with Crippen molar-refractivity contribution < 1.29 is 4.79 Å². The number of carbonyl (C=O) groups is 1. The van der Waals surface area contributed by atoms with E-state index in [1.807, 2.05) is 0 Å². The quantitative estimate of drug-likeness (QED) is 0.730. The van der Waals surface area contributed by atoms with Crippen LogP contribution in [-0.4, -0.2) is 15.9 Å². The van der Waals surface area contributed by atoms with Gasteiger partial charge in [-0.15, -0.1) is 0 Å². The number of nitrogens with two attached hydrogens (primary N) is 1. The fourth-order valence-electron chi connectivity index (χ4n) is 1.40. The molecule has 0 unspecified atom stereocenters. The lowest BCUT2D eigenvalue weighted by Crippen LogP contribution is -2.14. The maximum Gasteiger partial charge on any atom is 0.323 e. The van der Waals surface area contributed by atoms with Crippen molar-refractivity contribution in [2.24, 2.45) is 5.73 Å². The summed E-state index contributed by atoms with van der Waals surface area (Å²) in [5.41, 5.74) is 5.76. The fraction of sp³-hybridized carbons (Fsp3) is 0. The van der Waals surface area contributed by atoms with E-state index in [-0.39, 0.29) is 5.69 Å². The number of imidazole rings is 1. The van der Waals surface area contributed by atoms with Crippen LogP contribution in [-0.2, 0) is 0 Å². The standard InChI is InChI=1S/C10H8ClN3O2/c11-6-3-1-5(2-4-6)7-8(9(12)15)14-10(16)13-7/h1-4H,(H2,12,15)(H2,13,14,16). The van der Waals surface area contributed by atoms with Gasteiger partial charge in [0.25, 0.3) is 5.91 Å². The lowest BCUT2D eigenvalue weighted by Gasteiger charge is -2.00. The van der Waals surface area contributed by atoms with Crippen molar-refractivity contribution in [3.8, 4) is 11.3 Å². The molecule has 5 nitrogen and oxygen atoms in total. The van der Waals surface area contributed by atoms with Crippen LogP contribution in [0.25, 0.3) is 11.3 Å². The van der Waals surface area contributed by atoms with Gasteiger partial charge in [-0.1, -0.05) is 23.7 Å². The van der Waals surface area contributed by atoms with Gasteiger partial charge in [-0.2, -0.15) is 0 Å². The molecule has 0 spiro atoms. The summed E-state index contributed by atoms with van der Waals surface area (Å²) in [6.45, 7) is 0. The molecule has 0 aliphatic rings. The molecule has 82 valence electrons. The minimum atomic E-state index is -0.691. The summed E-state index contributed by atoms with van der Waals surface area (Å²) in [7, 11) is 0. The normalized spacial score (nSPS) is 10.3. The van der Waals surface area contributed by atoms with Crippen molar-refractivity contribution in [2.75, 3.05) is 0 Å². The van der Waals surface area contributed by atoms with Crippen LogP contribution in [0.3, 0.4) is 0 Å². The summed E-state index contributed by atoms with van der Waals surface area (Å²) in [6, 6.07) is 6.70. The number of hydrogen-bond acceptors (Lipinski definition) is 2. The Morgan fingerprint density at radius 1 is 1.19 bits per heavy atom. The molecule has 2 rings (SSSR count). The van der Waals surface area contributed by atoms with Crippen LogP contribution in [0, 0.1) is 0 Å². The van der Waals surface area contributed by atoms with Crippen molar-refractivity contribution in [3.63, 3.8) is 0 Å². The molecule has 1 aromatic carbocycles. The molecule has 0 aliphatic heterocycles. The first kappa shape index (κ1) is 10.5. The van der Waals surface area contributed by atoms with Gasteiger partial charge in [-0.05, 0) is 12.1 Å². The van der Waals surface area contributed by atoms with Gasteiger partial charge >= 0.3 is 5.69 Å². The van der Waals surface area contributed by atoms with Crippen LogP contribution < -0.4 is 11.4 Å². The molecular formula is C10H8ClN3O2. The minimum Gasteiger partial charge on any atom is -0.364 e. The summed E-state index contributed by atoms with van der Waals surface area (Å²) in [6.07, 6.45) is 0. The molecule has 16 heavy (non-hydrogen) atoms. The third kappa shape index (κ3) is 1.85. The maximum absolute atomic E-state index is 11.1. The second-order valence-corrected chi connectivity index (χ2v) is 3.64. The number of rotatable bonds is 2. The third-order valence-electron chi connectivity index (χ3n) is 2.11. The molecule has 0 fully saturated rings. The highest BCUT2D eigenvalue weighted by Crippen LogP contribution is 2.20. The van der Waals surface area contributed by atoms with Gasteiger partial charge in [0.2, 0.25) is 0 Å². The van der Waals surface area contributed by atoms with E-state index in [0.717, 1.165) is 0 Å². The van der Waals surface area contributed by atoms with Crippen LogP contribution in [0.15, 0.2) is 29.1 Å². The lowest BCUT2D eigenvalue weighted by atomic mass is 10.1. The summed E-state index contributed by atoms with van der Waals surface area (Å²) in [5.74, 6) is -0.691. The van der Waals surface area contributed by atoms with Crippen LogP contribution in [0.5, 0.6) is 0 Å². The van der Waals surface area contributed by atoms with E-state index in [1.54, 1.807) is 24.3 Å². The second kappa shape index (κ2) is 3.86. The fourth-order valence-corrected chi connectivity index (χ4v) is 1.53. The average molecular weight is 238 g/mol. The highest BCUT2D eigenvalue weighted by atomic mass is 35.5. The van der Waals surface area contributed by atoms with Crippen molar-refractivity contribution in [1.29, 1.82) is 0 Å². The Hall–Kier alpha value is -2.01. The molecule has 0 aliphatic carbocycles. The van der Waals surface area contributed by atoms with Gasteiger partial charge in [0, 0.05) is 10.6 Å². The Bertz CT molecular complexity index is 583.